The number of carboxylic acid groups (broad SMARTS) is 1. The van der Waals surface area contributed by atoms with Gasteiger partial charge in [0.1, 0.15) is 5.82 Å². The summed E-state index contributed by atoms with van der Waals surface area (Å²) in [7, 11) is 0. The number of carbonyl (C=O) groups excluding carboxylic acids is 1. The van der Waals surface area contributed by atoms with Crippen molar-refractivity contribution in [1.29, 1.82) is 0 Å². The summed E-state index contributed by atoms with van der Waals surface area (Å²) in [6, 6.07) is 3.89. The summed E-state index contributed by atoms with van der Waals surface area (Å²) >= 11 is 0. The Bertz CT molecular complexity index is 588. The van der Waals surface area contributed by atoms with Crippen LogP contribution < -0.4 is 5.73 Å². The quantitative estimate of drug-likeness (QED) is 0.835. The van der Waals surface area contributed by atoms with E-state index in [2.05, 4.69) is 0 Å². The van der Waals surface area contributed by atoms with E-state index in [9.17, 15) is 19.1 Å². The normalized spacial score (nSPS) is 21.8. The van der Waals surface area contributed by atoms with Crippen molar-refractivity contribution in [3.8, 4) is 0 Å². The lowest BCUT2D eigenvalue weighted by molar-refractivity contribution is -0.150. The molecule has 1 aromatic carbocycles. The molecule has 1 aliphatic rings. The lowest BCUT2D eigenvalue weighted by Crippen LogP contribution is -2.40. The highest BCUT2D eigenvalue weighted by atomic mass is 19.1. The van der Waals surface area contributed by atoms with Gasteiger partial charge < -0.3 is 15.7 Å². The molecule has 1 fully saturated rings. The molecule has 1 unspecified atom stereocenters. The van der Waals surface area contributed by atoms with Gasteiger partial charge in [-0.2, -0.15) is 0 Å². The second-order valence-electron chi connectivity index (χ2n) is 5.83. The number of likely N-dealkylation sites (tertiary alicyclic amines) is 1. The predicted molar refractivity (Wildman–Crippen MR) is 76.2 cm³/mol. The van der Waals surface area contributed by atoms with Crippen LogP contribution in [0.25, 0.3) is 0 Å². The number of hydrogen-bond acceptors (Lipinski definition) is 3. The Hall–Kier alpha value is -2.11. The van der Waals surface area contributed by atoms with Crippen LogP contribution in [-0.4, -0.2) is 35.0 Å². The molecule has 1 amide bonds. The monoisotopic (exact) mass is 294 g/mol. The molecule has 114 valence electrons. The summed E-state index contributed by atoms with van der Waals surface area (Å²) in [6.45, 7) is 4.06. The Labute approximate surface area is 122 Å². The first-order chi connectivity index (χ1) is 9.78. The van der Waals surface area contributed by atoms with Crippen LogP contribution in [0.4, 0.5) is 10.1 Å². The van der Waals surface area contributed by atoms with Crippen LogP contribution in [0.1, 0.15) is 30.6 Å². The molecule has 3 N–H and O–H groups in total. The maximum absolute atomic E-state index is 13.8. The molecule has 1 aliphatic heterocycles. The van der Waals surface area contributed by atoms with Gasteiger partial charge in [-0.25, -0.2) is 4.39 Å². The van der Waals surface area contributed by atoms with E-state index in [1.165, 1.54) is 17.0 Å². The Kier molecular flexibility index (Phi) is 3.89. The second-order valence-corrected chi connectivity index (χ2v) is 5.83. The van der Waals surface area contributed by atoms with Crippen molar-refractivity contribution in [2.45, 2.75) is 20.3 Å². The number of nitrogens with zero attached hydrogens (tertiary/aromatic N) is 1. The fraction of sp³-hybridized carbons (Fsp3) is 0.467. The number of anilines is 1. The number of hydrogen-bond donors (Lipinski definition) is 2. The minimum Gasteiger partial charge on any atom is -0.481 e. The van der Waals surface area contributed by atoms with E-state index in [0.717, 1.165) is 6.07 Å². The van der Waals surface area contributed by atoms with Crippen LogP contribution in [0, 0.1) is 17.2 Å². The predicted octanol–water partition coefficient (Wildman–Crippen LogP) is 1.98. The van der Waals surface area contributed by atoms with Gasteiger partial charge in [-0.3, -0.25) is 9.59 Å². The minimum atomic E-state index is -0.958. The Morgan fingerprint density at radius 1 is 1.43 bits per heavy atom. The van der Waals surface area contributed by atoms with Crippen LogP contribution in [0.15, 0.2) is 18.2 Å². The zero-order valence-electron chi connectivity index (χ0n) is 12.1. The SMILES string of the molecule is CC(C)C1(C(=O)O)CCN(C(=O)c2ccc(N)cc2F)C1. The van der Waals surface area contributed by atoms with Gasteiger partial charge in [0, 0.05) is 18.8 Å². The van der Waals surface area contributed by atoms with Crippen LogP contribution in [0.3, 0.4) is 0 Å². The average molecular weight is 294 g/mol. The van der Waals surface area contributed by atoms with E-state index >= 15 is 0 Å². The zero-order chi connectivity index (χ0) is 15.8. The first-order valence-electron chi connectivity index (χ1n) is 6.85. The largest absolute Gasteiger partial charge is 0.481 e. The summed E-state index contributed by atoms with van der Waals surface area (Å²) in [5, 5.41) is 9.47. The Morgan fingerprint density at radius 3 is 2.57 bits per heavy atom. The number of aliphatic carboxylic acids is 1. The molecule has 2 rings (SSSR count). The molecular formula is C15H19FN2O3. The molecule has 0 bridgehead atoms. The standard InChI is InChI=1S/C15H19FN2O3/c1-9(2)15(14(20)21)5-6-18(8-15)13(19)11-4-3-10(17)7-12(11)16/h3-4,7,9H,5-6,8,17H2,1-2H3,(H,20,21). The van der Waals surface area contributed by atoms with Crippen molar-refractivity contribution in [3.63, 3.8) is 0 Å². The molecule has 1 aromatic rings. The second kappa shape index (κ2) is 5.35. The first kappa shape index (κ1) is 15.3. The zero-order valence-corrected chi connectivity index (χ0v) is 12.1. The van der Waals surface area contributed by atoms with Gasteiger partial charge in [-0.1, -0.05) is 13.8 Å². The van der Waals surface area contributed by atoms with E-state index in [1.807, 2.05) is 13.8 Å². The lowest BCUT2D eigenvalue weighted by Gasteiger charge is -2.28. The molecule has 1 atom stereocenters. The molecule has 0 spiro atoms. The van der Waals surface area contributed by atoms with Crippen molar-refractivity contribution in [1.82, 2.24) is 4.90 Å². The van der Waals surface area contributed by atoms with E-state index < -0.39 is 23.1 Å². The number of nitrogens with two attached hydrogens (primary N) is 1. The third kappa shape index (κ3) is 2.57. The van der Waals surface area contributed by atoms with Gasteiger partial charge in [-0.05, 0) is 30.5 Å². The van der Waals surface area contributed by atoms with Crippen molar-refractivity contribution in [2.24, 2.45) is 11.3 Å². The summed E-state index contributed by atoms with van der Waals surface area (Å²) < 4.78 is 13.8. The van der Waals surface area contributed by atoms with Gasteiger partial charge in [0.15, 0.2) is 0 Å². The Morgan fingerprint density at radius 2 is 2.10 bits per heavy atom. The van der Waals surface area contributed by atoms with Crippen molar-refractivity contribution < 1.29 is 19.1 Å². The first-order valence-corrected chi connectivity index (χ1v) is 6.85. The fourth-order valence-electron chi connectivity index (χ4n) is 2.77. The molecule has 1 saturated heterocycles. The van der Waals surface area contributed by atoms with Crippen LogP contribution in [0.2, 0.25) is 0 Å². The lowest BCUT2D eigenvalue weighted by atomic mass is 9.76. The van der Waals surface area contributed by atoms with Gasteiger partial charge >= 0.3 is 5.97 Å². The van der Waals surface area contributed by atoms with E-state index in [-0.39, 0.29) is 23.7 Å². The van der Waals surface area contributed by atoms with Crippen LogP contribution in [0.5, 0.6) is 0 Å². The van der Waals surface area contributed by atoms with Crippen molar-refractivity contribution in [3.05, 3.63) is 29.6 Å². The number of nitrogen functional groups attached to an aromatic ring is 1. The highest BCUT2D eigenvalue weighted by molar-refractivity contribution is 5.95. The molecule has 6 heteroatoms. The molecule has 21 heavy (non-hydrogen) atoms. The number of halogens is 1. The maximum Gasteiger partial charge on any atom is 0.311 e. The molecule has 0 aromatic heterocycles. The molecule has 0 radical (unpaired) electrons. The topological polar surface area (TPSA) is 83.6 Å². The summed E-state index contributed by atoms with van der Waals surface area (Å²) in [5.74, 6) is -2.19. The smallest absolute Gasteiger partial charge is 0.311 e. The third-order valence-electron chi connectivity index (χ3n) is 4.34. The third-order valence-corrected chi connectivity index (χ3v) is 4.34. The van der Waals surface area contributed by atoms with Crippen molar-refractivity contribution >= 4 is 17.6 Å². The molecule has 0 aliphatic carbocycles. The number of carboxylic acids is 1. The van der Waals surface area contributed by atoms with Gasteiger partial charge in [0.05, 0.1) is 11.0 Å². The number of benzene rings is 1. The molecule has 0 saturated carbocycles. The van der Waals surface area contributed by atoms with E-state index in [1.54, 1.807) is 0 Å². The number of rotatable bonds is 3. The van der Waals surface area contributed by atoms with Gasteiger partial charge in [0.25, 0.3) is 5.91 Å². The van der Waals surface area contributed by atoms with Gasteiger partial charge in [-0.15, -0.1) is 0 Å². The number of carbonyl (C=O) groups is 2. The summed E-state index contributed by atoms with van der Waals surface area (Å²) in [6.07, 6.45) is 0.377. The van der Waals surface area contributed by atoms with E-state index in [4.69, 9.17) is 5.73 Å². The van der Waals surface area contributed by atoms with E-state index in [0.29, 0.717) is 13.0 Å². The number of amides is 1. The average Bonchev–Trinajstić information content (AvgIpc) is 2.84. The molecular weight excluding hydrogens is 275 g/mol. The minimum absolute atomic E-state index is 0.0749. The molecule has 1 heterocycles. The van der Waals surface area contributed by atoms with Crippen LogP contribution in [-0.2, 0) is 4.79 Å². The van der Waals surface area contributed by atoms with Gasteiger partial charge in [0.2, 0.25) is 0 Å². The summed E-state index contributed by atoms with van der Waals surface area (Å²) in [4.78, 5) is 25.3. The maximum atomic E-state index is 13.8. The van der Waals surface area contributed by atoms with Crippen molar-refractivity contribution in [2.75, 3.05) is 18.8 Å². The molecule has 5 nitrogen and oxygen atoms in total. The fourth-order valence-corrected chi connectivity index (χ4v) is 2.77. The summed E-state index contributed by atoms with van der Waals surface area (Å²) in [5.41, 5.74) is 4.67. The highest BCUT2D eigenvalue weighted by Gasteiger charge is 2.48. The van der Waals surface area contributed by atoms with Crippen LogP contribution >= 0.6 is 0 Å². The Balaban J connectivity index is 2.25. The highest BCUT2D eigenvalue weighted by Crippen LogP contribution is 2.38.